The number of hydrogen-bond donors (Lipinski definition) is 0. The van der Waals surface area contributed by atoms with Crippen molar-refractivity contribution in [2.45, 2.75) is 29.5 Å². The second-order valence-corrected chi connectivity index (χ2v) is 9.08. The first-order chi connectivity index (χ1) is 5.86. The fourth-order valence-electron chi connectivity index (χ4n) is 1.29. The molecule has 0 spiro atoms. The molecule has 1 heteroatoms. The maximum atomic E-state index is 2.34. The zero-order valence-corrected chi connectivity index (χ0v) is 9.83. The minimum absolute atomic E-state index is 0.483. The van der Waals surface area contributed by atoms with Crippen molar-refractivity contribution in [3.8, 4) is 0 Å². The number of hydrogen-bond acceptors (Lipinski definition) is 0. The van der Waals surface area contributed by atoms with Crippen molar-refractivity contribution in [1.29, 1.82) is 0 Å². The van der Waals surface area contributed by atoms with E-state index in [4.69, 9.17) is 0 Å². The summed E-state index contributed by atoms with van der Waals surface area (Å²) in [6.45, 7) is 4.68. The molecule has 0 aliphatic heterocycles. The molecule has 0 saturated carbocycles. The predicted octanol–water partition coefficient (Wildman–Crippen LogP) is 3.30. The minimum atomic E-state index is -0.483. The summed E-state index contributed by atoms with van der Waals surface area (Å²) in [7, 11) is 0. The Kier molecular flexibility index (Phi) is 4.46. The van der Waals surface area contributed by atoms with Gasteiger partial charge in [-0.3, -0.25) is 0 Å². The normalized spacial score (nSPS) is 10.6. The van der Waals surface area contributed by atoms with Gasteiger partial charge in [-0.05, 0) is 0 Å². The molecule has 1 aromatic carbocycles. The zero-order chi connectivity index (χ0) is 8.81. The maximum absolute atomic E-state index is 2.34. The first-order valence-corrected chi connectivity index (χ1v) is 8.61. The van der Waals surface area contributed by atoms with Gasteiger partial charge in [-0.2, -0.15) is 0 Å². The van der Waals surface area contributed by atoms with Crippen molar-refractivity contribution >= 4 is 14.7 Å². The summed E-state index contributed by atoms with van der Waals surface area (Å²) >= 11 is -0.483. The molecule has 0 N–H and O–H groups in total. The molecule has 1 rings (SSSR count). The average Bonchev–Trinajstić information content (AvgIpc) is 2.16. The first kappa shape index (κ1) is 9.86. The van der Waals surface area contributed by atoms with E-state index < -0.39 is 14.7 Å². The molecule has 0 bridgehead atoms. The standard InChI is InChI=1S/C11H17As/c1-3-12(4-2)10-11-8-6-5-7-9-11/h5-9H,3-4,10H2,1-2H3. The molecular weight excluding hydrogens is 207 g/mol. The third-order valence-corrected chi connectivity index (χ3v) is 7.60. The predicted molar refractivity (Wildman–Crippen MR) is 56.9 cm³/mol. The van der Waals surface area contributed by atoms with E-state index in [1.807, 2.05) is 0 Å². The molecule has 0 heterocycles. The van der Waals surface area contributed by atoms with E-state index in [0.29, 0.717) is 0 Å². The molecular formula is C11H17As. The van der Waals surface area contributed by atoms with Crippen LogP contribution in [0.2, 0.25) is 10.4 Å². The second-order valence-electron chi connectivity index (χ2n) is 2.95. The van der Waals surface area contributed by atoms with Gasteiger partial charge in [0.15, 0.2) is 0 Å². The fourth-order valence-corrected chi connectivity index (χ4v) is 4.69. The van der Waals surface area contributed by atoms with Crippen molar-refractivity contribution in [3.05, 3.63) is 35.9 Å². The Labute approximate surface area is 80.3 Å². The topological polar surface area (TPSA) is 0 Å². The number of rotatable bonds is 4. The molecule has 0 saturated heterocycles. The summed E-state index contributed by atoms with van der Waals surface area (Å²) in [5, 5.41) is 4.28. The van der Waals surface area contributed by atoms with Crippen molar-refractivity contribution < 1.29 is 0 Å². The Morgan fingerprint density at radius 3 is 2.08 bits per heavy atom. The van der Waals surface area contributed by atoms with Crippen LogP contribution in [0.25, 0.3) is 0 Å². The van der Waals surface area contributed by atoms with Crippen LogP contribution in [0.4, 0.5) is 0 Å². The molecule has 1 aromatic rings. The van der Waals surface area contributed by atoms with Crippen LogP contribution in [-0.2, 0) is 5.21 Å². The van der Waals surface area contributed by atoms with Crippen molar-refractivity contribution in [2.24, 2.45) is 0 Å². The van der Waals surface area contributed by atoms with Gasteiger partial charge in [0.25, 0.3) is 0 Å². The van der Waals surface area contributed by atoms with E-state index in [2.05, 4.69) is 44.2 Å². The van der Waals surface area contributed by atoms with Crippen LogP contribution in [-0.4, -0.2) is 14.7 Å². The summed E-state index contributed by atoms with van der Waals surface area (Å²) in [4.78, 5) is 0. The van der Waals surface area contributed by atoms with Crippen LogP contribution in [0.1, 0.15) is 19.4 Å². The molecule has 0 unspecified atom stereocenters. The third-order valence-electron chi connectivity index (χ3n) is 2.14. The molecule has 12 heavy (non-hydrogen) atoms. The van der Waals surface area contributed by atoms with E-state index in [1.165, 1.54) is 15.6 Å². The average molecular weight is 224 g/mol. The molecule has 0 atom stereocenters. The van der Waals surface area contributed by atoms with Crippen LogP contribution in [0, 0.1) is 0 Å². The first-order valence-electron chi connectivity index (χ1n) is 4.63. The van der Waals surface area contributed by atoms with Gasteiger partial charge >= 0.3 is 80.0 Å². The monoisotopic (exact) mass is 224 g/mol. The van der Waals surface area contributed by atoms with Crippen LogP contribution < -0.4 is 0 Å². The molecule has 0 aromatic heterocycles. The van der Waals surface area contributed by atoms with Gasteiger partial charge in [0.1, 0.15) is 0 Å². The van der Waals surface area contributed by atoms with E-state index >= 15 is 0 Å². The Morgan fingerprint density at radius 2 is 1.58 bits per heavy atom. The third kappa shape index (κ3) is 3.03. The Balaban J connectivity index is 2.51. The SMILES string of the molecule is CC[As](CC)Cc1ccccc1. The Morgan fingerprint density at radius 1 is 1.00 bits per heavy atom. The summed E-state index contributed by atoms with van der Waals surface area (Å²) in [5.74, 6) is 0. The number of benzene rings is 1. The van der Waals surface area contributed by atoms with Crippen LogP contribution in [0.15, 0.2) is 30.3 Å². The van der Waals surface area contributed by atoms with Crippen molar-refractivity contribution in [2.75, 3.05) is 0 Å². The fraction of sp³-hybridized carbons (Fsp3) is 0.455. The van der Waals surface area contributed by atoms with Crippen molar-refractivity contribution in [1.82, 2.24) is 0 Å². The Hall–Kier alpha value is -0.222. The van der Waals surface area contributed by atoms with E-state index in [9.17, 15) is 0 Å². The molecule has 0 fully saturated rings. The quantitative estimate of drug-likeness (QED) is 0.688. The van der Waals surface area contributed by atoms with Crippen LogP contribution in [0.5, 0.6) is 0 Å². The van der Waals surface area contributed by atoms with E-state index in [0.717, 1.165) is 0 Å². The van der Waals surface area contributed by atoms with Gasteiger partial charge < -0.3 is 0 Å². The molecule has 0 aliphatic rings. The van der Waals surface area contributed by atoms with Crippen LogP contribution >= 0.6 is 0 Å². The van der Waals surface area contributed by atoms with Crippen molar-refractivity contribution in [3.63, 3.8) is 0 Å². The summed E-state index contributed by atoms with van der Waals surface area (Å²) < 4.78 is 0. The molecule has 0 nitrogen and oxygen atoms in total. The second kappa shape index (κ2) is 5.43. The summed E-state index contributed by atoms with van der Waals surface area (Å²) in [6.07, 6.45) is 0. The van der Waals surface area contributed by atoms with Gasteiger partial charge in [-0.15, -0.1) is 0 Å². The van der Waals surface area contributed by atoms with Gasteiger partial charge in [0.2, 0.25) is 0 Å². The van der Waals surface area contributed by atoms with Gasteiger partial charge in [-0.25, -0.2) is 0 Å². The van der Waals surface area contributed by atoms with E-state index in [1.54, 1.807) is 5.56 Å². The van der Waals surface area contributed by atoms with Gasteiger partial charge in [0, 0.05) is 0 Å². The van der Waals surface area contributed by atoms with Gasteiger partial charge in [0.05, 0.1) is 0 Å². The molecule has 0 aliphatic carbocycles. The van der Waals surface area contributed by atoms with Crippen LogP contribution in [0.3, 0.4) is 0 Å². The van der Waals surface area contributed by atoms with Gasteiger partial charge in [-0.1, -0.05) is 0 Å². The molecule has 66 valence electrons. The summed E-state index contributed by atoms with van der Waals surface area (Å²) in [6, 6.07) is 10.9. The summed E-state index contributed by atoms with van der Waals surface area (Å²) in [5.41, 5.74) is 1.54. The zero-order valence-electron chi connectivity index (χ0n) is 7.96. The molecule has 0 amide bonds. The Bertz CT molecular complexity index is 202. The molecule has 0 radical (unpaired) electrons. The van der Waals surface area contributed by atoms with E-state index in [-0.39, 0.29) is 0 Å².